The maximum atomic E-state index is 11.6. The van der Waals surface area contributed by atoms with Crippen LogP contribution in [0.2, 0.25) is 0 Å². The van der Waals surface area contributed by atoms with Gasteiger partial charge in [0.1, 0.15) is 12.2 Å². The molecule has 90 valence electrons. The van der Waals surface area contributed by atoms with E-state index in [1.165, 1.54) is 6.42 Å². The first kappa shape index (κ1) is 10.6. The molecule has 0 amide bonds. The van der Waals surface area contributed by atoms with Crippen LogP contribution < -0.4 is 0 Å². The van der Waals surface area contributed by atoms with Crippen LogP contribution in [0.25, 0.3) is 0 Å². The monoisotopic (exact) mass is 224 g/mol. The highest BCUT2D eigenvalue weighted by Gasteiger charge is 2.59. The number of cyclic esters (lactones) is 1. The van der Waals surface area contributed by atoms with Gasteiger partial charge >= 0.3 is 5.97 Å². The molecule has 0 bridgehead atoms. The number of hydrogen-bond acceptors (Lipinski definition) is 3. The molecule has 3 aliphatic rings. The Hall–Kier alpha value is -0.570. The van der Waals surface area contributed by atoms with E-state index < -0.39 is 0 Å². The molecule has 0 N–H and O–H groups in total. The van der Waals surface area contributed by atoms with Gasteiger partial charge < -0.3 is 9.47 Å². The molecular weight excluding hydrogens is 204 g/mol. The molecule has 0 aromatic rings. The third kappa shape index (κ3) is 1.21. The molecule has 5 atom stereocenters. The Bertz CT molecular complexity index is 314. The van der Waals surface area contributed by atoms with Crippen LogP contribution in [0, 0.1) is 23.7 Å². The number of carbonyl (C=O) groups is 1. The molecule has 1 aliphatic carbocycles. The highest BCUT2D eigenvalue weighted by Crippen LogP contribution is 2.53. The van der Waals surface area contributed by atoms with Crippen molar-refractivity contribution >= 4 is 5.97 Å². The van der Waals surface area contributed by atoms with Crippen LogP contribution in [-0.2, 0) is 14.3 Å². The Morgan fingerprint density at radius 2 is 2.00 bits per heavy atom. The third-order valence-electron chi connectivity index (χ3n) is 5.09. The summed E-state index contributed by atoms with van der Waals surface area (Å²) in [7, 11) is 0. The van der Waals surface area contributed by atoms with Crippen LogP contribution >= 0.6 is 0 Å². The summed E-state index contributed by atoms with van der Waals surface area (Å²) in [6.07, 6.45) is 3.49. The van der Waals surface area contributed by atoms with Crippen molar-refractivity contribution in [3.05, 3.63) is 0 Å². The minimum Gasteiger partial charge on any atom is -0.462 e. The molecule has 16 heavy (non-hydrogen) atoms. The second-order valence-corrected chi connectivity index (χ2v) is 5.76. The zero-order chi connectivity index (χ0) is 11.3. The topological polar surface area (TPSA) is 35.5 Å². The van der Waals surface area contributed by atoms with Gasteiger partial charge in [-0.25, -0.2) is 0 Å². The molecule has 0 aromatic heterocycles. The van der Waals surface area contributed by atoms with Gasteiger partial charge in [0.15, 0.2) is 0 Å². The van der Waals surface area contributed by atoms with Crippen molar-refractivity contribution < 1.29 is 14.3 Å². The first-order valence-corrected chi connectivity index (χ1v) is 6.46. The molecule has 2 heterocycles. The van der Waals surface area contributed by atoms with E-state index in [-0.39, 0.29) is 17.5 Å². The maximum Gasteiger partial charge on any atom is 0.309 e. The lowest BCUT2D eigenvalue weighted by Gasteiger charge is -2.51. The lowest BCUT2D eigenvalue weighted by Crippen LogP contribution is -2.59. The molecule has 3 nitrogen and oxygen atoms in total. The third-order valence-corrected chi connectivity index (χ3v) is 5.09. The normalized spacial score (nSPS) is 51.8. The molecule has 3 rings (SSSR count). The Kier molecular flexibility index (Phi) is 2.29. The minimum absolute atomic E-state index is 0.0156. The fourth-order valence-electron chi connectivity index (χ4n) is 4.17. The fraction of sp³-hybridized carbons (Fsp3) is 0.923. The van der Waals surface area contributed by atoms with Crippen LogP contribution in [-0.4, -0.2) is 24.8 Å². The summed E-state index contributed by atoms with van der Waals surface area (Å²) in [5, 5.41) is 0. The summed E-state index contributed by atoms with van der Waals surface area (Å²) in [6.45, 7) is 5.66. The van der Waals surface area contributed by atoms with Crippen molar-refractivity contribution in [2.75, 3.05) is 13.2 Å². The van der Waals surface area contributed by atoms with Gasteiger partial charge in [0.25, 0.3) is 0 Å². The molecular formula is C13H20O3. The molecule has 3 fully saturated rings. The van der Waals surface area contributed by atoms with Gasteiger partial charge in [-0.15, -0.1) is 0 Å². The average molecular weight is 224 g/mol. The van der Waals surface area contributed by atoms with E-state index in [4.69, 9.17) is 9.47 Å². The highest BCUT2D eigenvalue weighted by atomic mass is 16.6. The average Bonchev–Trinajstić information content (AvgIpc) is 2.69. The second-order valence-electron chi connectivity index (χ2n) is 5.76. The van der Waals surface area contributed by atoms with Crippen molar-refractivity contribution in [1.29, 1.82) is 0 Å². The lowest BCUT2D eigenvalue weighted by atomic mass is 9.60. The maximum absolute atomic E-state index is 11.6. The van der Waals surface area contributed by atoms with E-state index in [1.54, 1.807) is 0 Å². The Labute approximate surface area is 96.5 Å². The van der Waals surface area contributed by atoms with E-state index in [0.717, 1.165) is 19.4 Å². The molecule has 0 radical (unpaired) electrons. The first-order valence-electron chi connectivity index (χ1n) is 6.46. The van der Waals surface area contributed by atoms with E-state index in [0.29, 0.717) is 24.4 Å². The summed E-state index contributed by atoms with van der Waals surface area (Å²) >= 11 is 0. The van der Waals surface area contributed by atoms with E-state index in [1.807, 2.05) is 6.92 Å². The van der Waals surface area contributed by atoms with E-state index in [9.17, 15) is 4.79 Å². The van der Waals surface area contributed by atoms with Crippen LogP contribution in [0.3, 0.4) is 0 Å². The predicted octanol–water partition coefficient (Wildman–Crippen LogP) is 2.00. The quantitative estimate of drug-likeness (QED) is 0.590. The van der Waals surface area contributed by atoms with Gasteiger partial charge in [0.05, 0.1) is 5.92 Å². The SMILES string of the molecule is C[C@@H]1CC[C@H]2[C@@H](C)C(=O)OCC23OCC[C@@H]13. The molecule has 0 aromatic carbocycles. The lowest BCUT2D eigenvalue weighted by molar-refractivity contribution is -0.205. The Morgan fingerprint density at radius 3 is 2.81 bits per heavy atom. The molecule has 2 saturated heterocycles. The number of esters is 1. The van der Waals surface area contributed by atoms with Crippen LogP contribution in [0.15, 0.2) is 0 Å². The summed E-state index contributed by atoms with van der Waals surface area (Å²) in [6, 6.07) is 0. The molecule has 1 spiro atoms. The highest BCUT2D eigenvalue weighted by molar-refractivity contribution is 5.73. The summed E-state index contributed by atoms with van der Waals surface area (Å²) in [5.41, 5.74) is -0.134. The van der Waals surface area contributed by atoms with Gasteiger partial charge in [-0.3, -0.25) is 4.79 Å². The van der Waals surface area contributed by atoms with Gasteiger partial charge in [0.2, 0.25) is 0 Å². The van der Waals surface area contributed by atoms with Gasteiger partial charge in [-0.2, -0.15) is 0 Å². The molecule has 2 aliphatic heterocycles. The van der Waals surface area contributed by atoms with Crippen molar-refractivity contribution in [2.45, 2.75) is 38.7 Å². The van der Waals surface area contributed by atoms with Crippen molar-refractivity contribution in [2.24, 2.45) is 23.7 Å². The van der Waals surface area contributed by atoms with E-state index >= 15 is 0 Å². The minimum atomic E-state index is -0.134. The molecule has 1 unspecified atom stereocenters. The zero-order valence-corrected chi connectivity index (χ0v) is 10.1. The number of rotatable bonds is 0. The molecule has 3 heteroatoms. The van der Waals surface area contributed by atoms with Crippen molar-refractivity contribution in [3.8, 4) is 0 Å². The van der Waals surface area contributed by atoms with Crippen molar-refractivity contribution in [1.82, 2.24) is 0 Å². The Morgan fingerprint density at radius 1 is 1.19 bits per heavy atom. The van der Waals surface area contributed by atoms with Crippen LogP contribution in [0.1, 0.15) is 33.1 Å². The van der Waals surface area contributed by atoms with Gasteiger partial charge in [-0.05, 0) is 31.1 Å². The van der Waals surface area contributed by atoms with Crippen molar-refractivity contribution in [3.63, 3.8) is 0 Å². The van der Waals surface area contributed by atoms with E-state index in [2.05, 4.69) is 6.92 Å². The summed E-state index contributed by atoms with van der Waals surface area (Å²) in [5.74, 6) is 1.68. The standard InChI is InChI=1S/C13H20O3/c1-8-3-4-11-9(2)12(14)15-7-13(11)10(8)5-6-16-13/h8-11H,3-7H2,1-2H3/t8-,9-,10+,11+,13?/m1/s1. The summed E-state index contributed by atoms with van der Waals surface area (Å²) in [4.78, 5) is 11.6. The predicted molar refractivity (Wildman–Crippen MR) is 58.8 cm³/mol. The zero-order valence-electron chi connectivity index (χ0n) is 10.1. The smallest absolute Gasteiger partial charge is 0.309 e. The number of hydrogen-bond donors (Lipinski definition) is 0. The fourth-order valence-corrected chi connectivity index (χ4v) is 4.17. The van der Waals surface area contributed by atoms with Gasteiger partial charge in [-0.1, -0.05) is 13.8 Å². The largest absolute Gasteiger partial charge is 0.462 e. The van der Waals surface area contributed by atoms with Crippen LogP contribution in [0.5, 0.6) is 0 Å². The molecule has 1 saturated carbocycles. The van der Waals surface area contributed by atoms with Crippen LogP contribution in [0.4, 0.5) is 0 Å². The number of ether oxygens (including phenoxy) is 2. The number of carbonyl (C=O) groups excluding carboxylic acids is 1. The summed E-state index contributed by atoms with van der Waals surface area (Å²) < 4.78 is 11.4. The second kappa shape index (κ2) is 3.46. The Balaban J connectivity index is 1.96. The van der Waals surface area contributed by atoms with Gasteiger partial charge in [0, 0.05) is 12.5 Å². The first-order chi connectivity index (χ1) is 7.65.